The van der Waals surface area contributed by atoms with Crippen LogP contribution >= 0.6 is 0 Å². The summed E-state index contributed by atoms with van der Waals surface area (Å²) in [7, 11) is 0. The van der Waals surface area contributed by atoms with E-state index in [1.54, 1.807) is 0 Å². The number of rotatable bonds is 3. The minimum atomic E-state index is -0.735. The molecule has 0 bridgehead atoms. The predicted octanol–water partition coefficient (Wildman–Crippen LogP) is 2.70. The Bertz CT molecular complexity index is 976. The topological polar surface area (TPSA) is 85.5 Å². The lowest BCUT2D eigenvalue weighted by Crippen LogP contribution is -2.43. The second-order valence-electron chi connectivity index (χ2n) is 8.40. The number of fused-ring (bicyclic) bond motifs is 3. The molecule has 2 fully saturated rings. The standard InChI is InChI=1S/C22H26N4O3/c27-20(12-19-21(28)26(22(29)24-19)14-6-2-1-3-7-14)25-11-10-18-16(13-25)15-8-4-5-9-17(15)23-18/h4-5,8-9,14,19,23H,1-3,6-7,10-13H2,(H,24,29)/t19-/m1/s1. The molecule has 3 heterocycles. The minimum Gasteiger partial charge on any atom is -0.358 e. The van der Waals surface area contributed by atoms with Crippen molar-refractivity contribution < 1.29 is 14.4 Å². The van der Waals surface area contributed by atoms with Crippen LogP contribution in [-0.2, 0) is 22.6 Å². The summed E-state index contributed by atoms with van der Waals surface area (Å²) in [6.45, 7) is 1.17. The van der Waals surface area contributed by atoms with Crippen molar-refractivity contribution in [2.24, 2.45) is 0 Å². The Labute approximate surface area is 169 Å². The van der Waals surface area contributed by atoms with Crippen molar-refractivity contribution >= 4 is 28.7 Å². The van der Waals surface area contributed by atoms with Gasteiger partial charge < -0.3 is 15.2 Å². The van der Waals surface area contributed by atoms with Crippen LogP contribution in [0.25, 0.3) is 10.9 Å². The van der Waals surface area contributed by atoms with Gasteiger partial charge in [0.05, 0.1) is 6.42 Å². The van der Waals surface area contributed by atoms with Gasteiger partial charge in [0.15, 0.2) is 0 Å². The molecular weight excluding hydrogens is 368 g/mol. The number of aromatic nitrogens is 1. The van der Waals surface area contributed by atoms with Gasteiger partial charge in [-0.2, -0.15) is 0 Å². The third kappa shape index (κ3) is 3.18. The first kappa shape index (κ1) is 18.2. The lowest BCUT2D eigenvalue weighted by atomic mass is 9.94. The molecule has 1 aromatic heterocycles. The zero-order valence-electron chi connectivity index (χ0n) is 16.4. The van der Waals surface area contributed by atoms with Crippen molar-refractivity contribution in [1.29, 1.82) is 0 Å². The number of hydrogen-bond donors (Lipinski definition) is 2. The highest BCUT2D eigenvalue weighted by atomic mass is 16.2. The fraction of sp³-hybridized carbons (Fsp3) is 0.500. The van der Waals surface area contributed by atoms with Crippen molar-refractivity contribution in [3.63, 3.8) is 0 Å². The average Bonchev–Trinajstić information content (AvgIpc) is 3.24. The number of carbonyl (C=O) groups is 3. The second kappa shape index (κ2) is 7.21. The number of benzene rings is 1. The van der Waals surface area contributed by atoms with Crippen molar-refractivity contribution in [2.45, 2.75) is 63.6 Å². The van der Waals surface area contributed by atoms with Crippen LogP contribution < -0.4 is 5.32 Å². The number of para-hydroxylation sites is 1. The summed E-state index contributed by atoms with van der Waals surface area (Å²) < 4.78 is 0. The molecule has 1 saturated heterocycles. The van der Waals surface area contributed by atoms with Gasteiger partial charge in [0, 0.05) is 47.7 Å². The van der Waals surface area contributed by atoms with E-state index < -0.39 is 6.04 Å². The molecule has 152 valence electrons. The van der Waals surface area contributed by atoms with Gasteiger partial charge in [-0.3, -0.25) is 14.5 Å². The summed E-state index contributed by atoms with van der Waals surface area (Å²) >= 11 is 0. The van der Waals surface area contributed by atoms with E-state index in [0.717, 1.165) is 55.0 Å². The van der Waals surface area contributed by atoms with Gasteiger partial charge in [-0.15, -0.1) is 0 Å². The molecule has 0 radical (unpaired) electrons. The van der Waals surface area contributed by atoms with Crippen LogP contribution in [0.3, 0.4) is 0 Å². The van der Waals surface area contributed by atoms with Crippen LogP contribution in [0.5, 0.6) is 0 Å². The molecule has 1 atom stereocenters. The molecule has 1 aliphatic carbocycles. The van der Waals surface area contributed by atoms with Crippen molar-refractivity contribution in [1.82, 2.24) is 20.1 Å². The zero-order valence-corrected chi connectivity index (χ0v) is 16.4. The summed E-state index contributed by atoms with van der Waals surface area (Å²) in [4.78, 5) is 44.8. The van der Waals surface area contributed by atoms with E-state index in [0.29, 0.717) is 13.1 Å². The Balaban J connectivity index is 1.27. The van der Waals surface area contributed by atoms with E-state index in [1.165, 1.54) is 10.6 Å². The van der Waals surface area contributed by atoms with Gasteiger partial charge in [0.1, 0.15) is 6.04 Å². The highest BCUT2D eigenvalue weighted by Crippen LogP contribution is 2.29. The number of nitrogens with one attached hydrogen (secondary N) is 2. The Morgan fingerprint density at radius 2 is 1.90 bits per heavy atom. The minimum absolute atomic E-state index is 0.0138. The Morgan fingerprint density at radius 1 is 1.10 bits per heavy atom. The largest absolute Gasteiger partial charge is 0.358 e. The van der Waals surface area contributed by atoms with Crippen LogP contribution in [0.2, 0.25) is 0 Å². The van der Waals surface area contributed by atoms with Crippen LogP contribution in [0.15, 0.2) is 24.3 Å². The van der Waals surface area contributed by atoms with E-state index in [2.05, 4.69) is 16.4 Å². The Morgan fingerprint density at radius 3 is 2.72 bits per heavy atom. The maximum Gasteiger partial charge on any atom is 0.325 e. The molecular formula is C22H26N4O3. The molecule has 1 aromatic carbocycles. The molecule has 5 rings (SSSR count). The summed E-state index contributed by atoms with van der Waals surface area (Å²) in [5, 5.41) is 3.90. The number of hydrogen-bond acceptors (Lipinski definition) is 3. The van der Waals surface area contributed by atoms with Crippen molar-refractivity contribution in [3.05, 3.63) is 35.5 Å². The van der Waals surface area contributed by atoms with Gasteiger partial charge in [0.2, 0.25) is 5.91 Å². The van der Waals surface area contributed by atoms with Crippen LogP contribution in [0.4, 0.5) is 4.79 Å². The first-order valence-corrected chi connectivity index (χ1v) is 10.6. The van der Waals surface area contributed by atoms with Gasteiger partial charge in [-0.05, 0) is 18.9 Å². The maximum atomic E-state index is 13.0. The number of nitrogens with zero attached hydrogens (tertiary/aromatic N) is 2. The van der Waals surface area contributed by atoms with E-state index in [-0.39, 0.29) is 30.3 Å². The van der Waals surface area contributed by atoms with Crippen molar-refractivity contribution in [2.75, 3.05) is 6.54 Å². The van der Waals surface area contributed by atoms with Crippen LogP contribution in [0.1, 0.15) is 49.8 Å². The van der Waals surface area contributed by atoms with Gasteiger partial charge in [-0.25, -0.2) is 4.79 Å². The Hall–Kier alpha value is -2.83. The SMILES string of the molecule is O=C(C[C@H]1NC(=O)N(C2CCCCC2)C1=O)N1CCc2[nH]c3ccccc3c2C1. The lowest BCUT2D eigenvalue weighted by molar-refractivity contribution is -0.137. The summed E-state index contributed by atoms with van der Waals surface area (Å²) in [6, 6.07) is 7.04. The summed E-state index contributed by atoms with van der Waals surface area (Å²) in [5.74, 6) is -0.315. The van der Waals surface area contributed by atoms with Crippen LogP contribution in [0, 0.1) is 0 Å². The molecule has 2 aliphatic heterocycles. The first-order chi connectivity index (χ1) is 14.1. The maximum absolute atomic E-state index is 13.0. The molecule has 7 heteroatoms. The molecule has 0 unspecified atom stereocenters. The molecule has 7 nitrogen and oxygen atoms in total. The van der Waals surface area contributed by atoms with E-state index >= 15 is 0 Å². The summed E-state index contributed by atoms with van der Waals surface area (Å²) in [5.41, 5.74) is 3.43. The quantitative estimate of drug-likeness (QED) is 0.785. The monoisotopic (exact) mass is 394 g/mol. The first-order valence-electron chi connectivity index (χ1n) is 10.6. The van der Waals surface area contributed by atoms with E-state index in [1.807, 2.05) is 23.1 Å². The van der Waals surface area contributed by atoms with Crippen molar-refractivity contribution in [3.8, 4) is 0 Å². The smallest absolute Gasteiger partial charge is 0.325 e. The van der Waals surface area contributed by atoms with Gasteiger partial charge in [-0.1, -0.05) is 37.5 Å². The molecule has 2 aromatic rings. The lowest BCUT2D eigenvalue weighted by Gasteiger charge is -2.29. The number of urea groups is 1. The molecule has 1 saturated carbocycles. The normalized spacial score (nSPS) is 22.8. The fourth-order valence-corrected chi connectivity index (χ4v) is 5.05. The van der Waals surface area contributed by atoms with E-state index in [4.69, 9.17) is 0 Å². The number of H-pyrrole nitrogens is 1. The highest BCUT2D eigenvalue weighted by Gasteiger charge is 2.43. The van der Waals surface area contributed by atoms with E-state index in [9.17, 15) is 14.4 Å². The molecule has 0 spiro atoms. The number of imide groups is 1. The highest BCUT2D eigenvalue weighted by molar-refractivity contribution is 6.06. The third-order valence-electron chi connectivity index (χ3n) is 6.61. The van der Waals surface area contributed by atoms with Gasteiger partial charge in [0.25, 0.3) is 5.91 Å². The molecule has 2 N–H and O–H groups in total. The number of aromatic amines is 1. The fourth-order valence-electron chi connectivity index (χ4n) is 5.05. The van der Waals surface area contributed by atoms with Crippen LogP contribution in [-0.4, -0.2) is 51.3 Å². The molecule has 29 heavy (non-hydrogen) atoms. The Kier molecular flexibility index (Phi) is 4.53. The predicted molar refractivity (Wildman–Crippen MR) is 108 cm³/mol. The number of amides is 4. The molecule has 3 aliphatic rings. The third-order valence-corrected chi connectivity index (χ3v) is 6.61. The van der Waals surface area contributed by atoms with Gasteiger partial charge >= 0.3 is 6.03 Å². The summed E-state index contributed by atoms with van der Waals surface area (Å²) in [6.07, 6.45) is 5.80. The average molecular weight is 394 g/mol. The zero-order chi connectivity index (χ0) is 20.0. The molecule has 4 amide bonds. The number of carbonyl (C=O) groups excluding carboxylic acids is 3. The second-order valence-corrected chi connectivity index (χ2v) is 8.40.